The van der Waals surface area contributed by atoms with Gasteiger partial charge < -0.3 is 25.2 Å². The summed E-state index contributed by atoms with van der Waals surface area (Å²) in [6.45, 7) is -0.665. The molecule has 0 aromatic carbocycles. The first kappa shape index (κ1) is 14.2. The number of ether oxygens (including phenoxy) is 1. The van der Waals surface area contributed by atoms with Crippen molar-refractivity contribution in [1.82, 2.24) is 0 Å². The topological polar surface area (TPSA) is 93.0 Å². The molecule has 1 heterocycles. The van der Waals surface area contributed by atoms with Crippen LogP contribution in [0.25, 0.3) is 0 Å². The van der Waals surface area contributed by atoms with E-state index >= 15 is 0 Å². The van der Waals surface area contributed by atoms with Crippen molar-refractivity contribution in [2.45, 2.75) is 29.9 Å². The number of aliphatic hydroxyl groups excluding tert-OH is 3. The average Bonchev–Trinajstić information content (AvgIpc) is 2.08. The Labute approximate surface area is 103 Å². The fourth-order valence-electron chi connectivity index (χ4n) is 1.07. The van der Waals surface area contributed by atoms with Crippen LogP contribution in [0.4, 0.5) is 0 Å². The smallest absolute Gasteiger partial charge is 0.853 e. The van der Waals surface area contributed by atoms with Crippen LogP contribution in [0.5, 0.6) is 0 Å². The molecular weight excluding hydrogens is 207 g/mol. The Morgan fingerprint density at radius 1 is 1.15 bits per heavy atom. The maximum atomic E-state index is 10.4. The quantitative estimate of drug-likeness (QED) is 0.260. The first-order chi connectivity index (χ1) is 5.57. The molecular formula is C6H11NaO5S. The molecule has 0 spiro atoms. The van der Waals surface area contributed by atoms with E-state index in [1.54, 1.807) is 0 Å². The molecule has 0 saturated carbocycles. The molecule has 0 radical (unpaired) electrons. The van der Waals surface area contributed by atoms with Crippen LogP contribution in [0, 0.1) is 0 Å². The maximum Gasteiger partial charge on any atom is 1.00 e. The van der Waals surface area contributed by atoms with Crippen LogP contribution < -0.4 is 34.7 Å². The summed E-state index contributed by atoms with van der Waals surface area (Å²) in [6, 6.07) is 0. The molecule has 5 nitrogen and oxygen atoms in total. The predicted molar refractivity (Wildman–Crippen MR) is 40.5 cm³/mol. The Hall–Kier alpha value is 1.15. The Morgan fingerprint density at radius 2 is 1.69 bits per heavy atom. The molecule has 0 unspecified atom stereocenters. The molecule has 72 valence electrons. The normalized spacial score (nSPS) is 45.5. The van der Waals surface area contributed by atoms with Crippen LogP contribution in [-0.4, -0.2) is 51.8 Å². The summed E-state index contributed by atoms with van der Waals surface area (Å²) in [7, 11) is 0. The fraction of sp³-hybridized carbons (Fsp3) is 1.00. The molecule has 3 N–H and O–H groups in total. The van der Waals surface area contributed by atoms with Crippen LogP contribution in [-0.2, 0) is 4.74 Å². The average molecular weight is 218 g/mol. The molecule has 0 bridgehead atoms. The number of thiol groups is 1. The standard InChI is InChI=1S/C6H11O5S.Na/c7-1-2-3(8)4(9)5(10)6(12)11-2;/h2-6,8-10,12H,1H2;/q-1;+1/t2-,3-,4+,5-,6+;/m1./s1. The third-order valence-electron chi connectivity index (χ3n) is 1.85. The van der Waals surface area contributed by atoms with Gasteiger partial charge in [0.15, 0.2) is 0 Å². The van der Waals surface area contributed by atoms with E-state index < -0.39 is 36.5 Å². The Kier molecular flexibility index (Phi) is 6.41. The molecule has 1 saturated heterocycles. The van der Waals surface area contributed by atoms with Gasteiger partial charge in [0.1, 0.15) is 23.7 Å². The molecule has 1 aliphatic rings. The summed E-state index contributed by atoms with van der Waals surface area (Å²) < 4.78 is 4.82. The zero-order valence-corrected chi connectivity index (χ0v) is 10.1. The van der Waals surface area contributed by atoms with Crippen molar-refractivity contribution in [1.29, 1.82) is 0 Å². The van der Waals surface area contributed by atoms with Crippen LogP contribution in [0.1, 0.15) is 0 Å². The van der Waals surface area contributed by atoms with E-state index in [2.05, 4.69) is 12.6 Å². The van der Waals surface area contributed by atoms with Gasteiger partial charge in [0, 0.05) is 0 Å². The zero-order chi connectivity index (χ0) is 9.30. The van der Waals surface area contributed by atoms with Crippen LogP contribution in [0.3, 0.4) is 0 Å². The van der Waals surface area contributed by atoms with Crippen LogP contribution >= 0.6 is 12.6 Å². The summed E-state index contributed by atoms with van der Waals surface area (Å²) in [5.41, 5.74) is -0.914. The van der Waals surface area contributed by atoms with E-state index in [-0.39, 0.29) is 29.6 Å². The summed E-state index contributed by atoms with van der Waals surface area (Å²) >= 11 is 3.79. The van der Waals surface area contributed by atoms with Gasteiger partial charge in [-0.05, 0) is 0 Å². The Balaban J connectivity index is 0.00000144. The van der Waals surface area contributed by atoms with Crippen molar-refractivity contribution in [2.75, 3.05) is 6.61 Å². The minimum absolute atomic E-state index is 0. The van der Waals surface area contributed by atoms with Crippen LogP contribution in [0.15, 0.2) is 0 Å². The molecule has 0 aliphatic carbocycles. The summed E-state index contributed by atoms with van der Waals surface area (Å²) in [4.78, 5) is 0. The van der Waals surface area contributed by atoms with Gasteiger partial charge in [0.2, 0.25) is 0 Å². The zero-order valence-electron chi connectivity index (χ0n) is 7.20. The molecule has 1 aliphatic heterocycles. The van der Waals surface area contributed by atoms with E-state index in [4.69, 9.17) is 20.1 Å². The van der Waals surface area contributed by atoms with Gasteiger partial charge in [-0.1, -0.05) is 0 Å². The minimum Gasteiger partial charge on any atom is -0.853 e. The number of hydrogen-bond acceptors (Lipinski definition) is 6. The third kappa shape index (κ3) is 3.05. The Bertz CT molecular complexity index is 155. The van der Waals surface area contributed by atoms with Gasteiger partial charge in [-0.3, -0.25) is 0 Å². The van der Waals surface area contributed by atoms with E-state index in [9.17, 15) is 5.11 Å². The summed E-state index contributed by atoms with van der Waals surface area (Å²) in [5.74, 6) is 0. The first-order valence-electron chi connectivity index (χ1n) is 3.53. The predicted octanol–water partition coefficient (Wildman–Crippen LogP) is -5.91. The van der Waals surface area contributed by atoms with Crippen molar-refractivity contribution in [3.8, 4) is 0 Å². The van der Waals surface area contributed by atoms with Crippen molar-refractivity contribution in [3.05, 3.63) is 0 Å². The molecule has 7 heteroatoms. The second-order valence-corrected chi connectivity index (χ2v) is 3.21. The molecule has 0 amide bonds. The van der Waals surface area contributed by atoms with Crippen molar-refractivity contribution < 1.29 is 54.7 Å². The van der Waals surface area contributed by atoms with E-state index in [0.717, 1.165) is 0 Å². The molecule has 13 heavy (non-hydrogen) atoms. The Morgan fingerprint density at radius 3 is 2.15 bits per heavy atom. The van der Waals surface area contributed by atoms with Gasteiger partial charge in [0.05, 0.1) is 6.10 Å². The molecule has 0 aromatic heterocycles. The van der Waals surface area contributed by atoms with Gasteiger partial charge in [-0.2, -0.15) is 0 Å². The molecule has 1 fully saturated rings. The first-order valence-corrected chi connectivity index (χ1v) is 4.05. The second kappa shape index (κ2) is 5.89. The molecule has 1 rings (SSSR count). The van der Waals surface area contributed by atoms with E-state index in [1.165, 1.54) is 0 Å². The van der Waals surface area contributed by atoms with E-state index in [0.29, 0.717) is 0 Å². The van der Waals surface area contributed by atoms with Gasteiger partial charge in [-0.25, -0.2) is 0 Å². The SMILES string of the molecule is [Na+].[O-]C[C@H]1O[C@@H](S)[C@H](O)[C@@H](O)[C@@H]1O. The minimum atomic E-state index is -1.36. The van der Waals surface area contributed by atoms with Gasteiger partial charge in [0.25, 0.3) is 0 Å². The summed E-state index contributed by atoms with van der Waals surface area (Å²) in [5, 5.41) is 37.8. The van der Waals surface area contributed by atoms with Crippen molar-refractivity contribution in [3.63, 3.8) is 0 Å². The number of hydrogen-bond donors (Lipinski definition) is 4. The largest absolute Gasteiger partial charge is 1.00 e. The van der Waals surface area contributed by atoms with Gasteiger partial charge in [-0.15, -0.1) is 19.2 Å². The van der Waals surface area contributed by atoms with Crippen molar-refractivity contribution in [2.24, 2.45) is 0 Å². The second-order valence-electron chi connectivity index (χ2n) is 2.70. The molecule has 5 atom stereocenters. The monoisotopic (exact) mass is 218 g/mol. The fourth-order valence-corrected chi connectivity index (χ4v) is 1.40. The van der Waals surface area contributed by atoms with Crippen LogP contribution in [0.2, 0.25) is 0 Å². The van der Waals surface area contributed by atoms with Crippen molar-refractivity contribution >= 4 is 12.6 Å². The third-order valence-corrected chi connectivity index (χ3v) is 2.28. The molecule has 0 aromatic rings. The summed E-state index contributed by atoms with van der Waals surface area (Å²) in [6.07, 6.45) is -4.95. The number of rotatable bonds is 1. The van der Waals surface area contributed by atoms with E-state index in [1.807, 2.05) is 0 Å². The number of aliphatic hydroxyl groups is 3. The van der Waals surface area contributed by atoms with Gasteiger partial charge >= 0.3 is 29.6 Å². The maximum absolute atomic E-state index is 10.4.